The monoisotopic (exact) mass is 288 g/mol. The maximum Gasteiger partial charge on any atom is 0.0423 e. The Kier molecular flexibility index (Phi) is 2.56. The molecule has 0 nitrogen and oxygen atoms in total. The quantitative estimate of drug-likeness (QED) is 0.473. The van der Waals surface area contributed by atoms with E-state index in [9.17, 15) is 0 Å². The van der Waals surface area contributed by atoms with Gasteiger partial charge >= 0.3 is 0 Å². The Hall–Kier alpha value is 0.180. The lowest BCUT2D eigenvalue weighted by molar-refractivity contribution is 0.840. The predicted molar refractivity (Wildman–Crippen MR) is 59.8 cm³/mol. The van der Waals surface area contributed by atoms with Crippen molar-refractivity contribution >= 4 is 31.9 Å². The number of allylic oxidation sites excluding steroid dienone is 6. The third-order valence-electron chi connectivity index (χ3n) is 2.33. The summed E-state index contributed by atoms with van der Waals surface area (Å²) in [5, 5.41) is 0. The number of fused-ring (bicyclic) bond motifs is 2. The van der Waals surface area contributed by atoms with Gasteiger partial charge in [-0.1, -0.05) is 68.3 Å². The zero-order chi connectivity index (χ0) is 8.55. The standard InChI is InChI=1S/C10H10Br2/c11-9-6-4-8-2-1-7(9)3-5-10(8)12/h1-10H/t7-,8?,9?,10+/m0/s1. The van der Waals surface area contributed by atoms with Crippen LogP contribution in [0.3, 0.4) is 0 Å². The Labute approximate surface area is 89.7 Å². The molecule has 64 valence electrons. The molecule has 0 aromatic rings. The van der Waals surface area contributed by atoms with E-state index in [0.29, 0.717) is 21.5 Å². The molecule has 2 heteroatoms. The second-order valence-electron chi connectivity index (χ2n) is 3.20. The summed E-state index contributed by atoms with van der Waals surface area (Å²) in [7, 11) is 0. The van der Waals surface area contributed by atoms with Crippen LogP contribution < -0.4 is 0 Å². The van der Waals surface area contributed by atoms with Crippen LogP contribution in [0, 0.1) is 11.8 Å². The van der Waals surface area contributed by atoms with Crippen molar-refractivity contribution in [3.63, 3.8) is 0 Å². The smallest absolute Gasteiger partial charge is 0.0423 e. The second kappa shape index (κ2) is 3.51. The van der Waals surface area contributed by atoms with Crippen molar-refractivity contribution < 1.29 is 0 Å². The van der Waals surface area contributed by atoms with E-state index in [4.69, 9.17) is 0 Å². The van der Waals surface area contributed by atoms with Gasteiger partial charge in [-0.2, -0.15) is 0 Å². The molecule has 0 heterocycles. The maximum atomic E-state index is 3.64. The van der Waals surface area contributed by atoms with Crippen molar-refractivity contribution in [3.05, 3.63) is 36.5 Å². The van der Waals surface area contributed by atoms with Crippen molar-refractivity contribution in [2.45, 2.75) is 9.65 Å². The van der Waals surface area contributed by atoms with Crippen molar-refractivity contribution in [2.75, 3.05) is 0 Å². The first kappa shape index (κ1) is 8.76. The van der Waals surface area contributed by atoms with E-state index in [1.807, 2.05) is 0 Å². The lowest BCUT2D eigenvalue weighted by atomic mass is 10.0. The minimum atomic E-state index is 0.468. The normalized spacial score (nSPS) is 44.5. The molecule has 2 unspecified atom stereocenters. The molecule has 0 fully saturated rings. The van der Waals surface area contributed by atoms with Gasteiger partial charge in [-0.15, -0.1) is 0 Å². The summed E-state index contributed by atoms with van der Waals surface area (Å²) in [4.78, 5) is 0.935. The Morgan fingerprint density at radius 3 is 1.33 bits per heavy atom. The van der Waals surface area contributed by atoms with E-state index in [1.165, 1.54) is 0 Å². The molecule has 2 aliphatic rings. The summed E-state index contributed by atoms with van der Waals surface area (Å²) in [6, 6.07) is 0. The topological polar surface area (TPSA) is 0 Å². The second-order valence-corrected chi connectivity index (χ2v) is 5.31. The molecular formula is C10H10Br2. The molecule has 0 N–H and O–H groups in total. The van der Waals surface area contributed by atoms with Crippen LogP contribution in [0.5, 0.6) is 0 Å². The first-order valence-corrected chi connectivity index (χ1v) is 5.93. The minimum absolute atomic E-state index is 0.468. The highest BCUT2D eigenvalue weighted by Gasteiger charge is 2.21. The van der Waals surface area contributed by atoms with Gasteiger partial charge in [0.2, 0.25) is 0 Å². The molecule has 0 aromatic carbocycles. The van der Waals surface area contributed by atoms with Crippen molar-refractivity contribution in [3.8, 4) is 0 Å². The lowest BCUT2D eigenvalue weighted by Crippen LogP contribution is -2.09. The molecule has 2 bridgehead atoms. The van der Waals surface area contributed by atoms with Gasteiger partial charge in [0.05, 0.1) is 0 Å². The fourth-order valence-corrected chi connectivity index (χ4v) is 2.59. The largest absolute Gasteiger partial charge is 0.0835 e. The van der Waals surface area contributed by atoms with Crippen LogP contribution in [-0.4, -0.2) is 9.65 Å². The minimum Gasteiger partial charge on any atom is -0.0835 e. The van der Waals surface area contributed by atoms with Gasteiger partial charge in [0, 0.05) is 21.5 Å². The average Bonchev–Trinajstić information content (AvgIpc) is 2.33. The zero-order valence-corrected chi connectivity index (χ0v) is 9.70. The molecule has 0 aromatic heterocycles. The lowest BCUT2D eigenvalue weighted by Gasteiger charge is -2.14. The number of hydrogen-bond donors (Lipinski definition) is 0. The summed E-state index contributed by atoms with van der Waals surface area (Å²) >= 11 is 7.28. The average molecular weight is 290 g/mol. The van der Waals surface area contributed by atoms with Gasteiger partial charge in [-0.05, 0) is 0 Å². The van der Waals surface area contributed by atoms with Crippen LogP contribution in [0.15, 0.2) is 36.5 Å². The zero-order valence-electron chi connectivity index (χ0n) is 6.53. The summed E-state index contributed by atoms with van der Waals surface area (Å²) in [5.74, 6) is 1.04. The Morgan fingerprint density at radius 2 is 0.917 bits per heavy atom. The molecule has 0 spiro atoms. The molecule has 0 aliphatic heterocycles. The van der Waals surface area contributed by atoms with Crippen LogP contribution in [-0.2, 0) is 0 Å². The summed E-state index contributed by atoms with van der Waals surface area (Å²) < 4.78 is 0. The van der Waals surface area contributed by atoms with Crippen LogP contribution >= 0.6 is 31.9 Å². The number of rotatable bonds is 0. The molecule has 0 amide bonds. The van der Waals surface area contributed by atoms with Crippen molar-refractivity contribution in [1.29, 1.82) is 0 Å². The molecule has 0 saturated heterocycles. The van der Waals surface area contributed by atoms with Gasteiger partial charge in [-0.3, -0.25) is 0 Å². The Bertz CT molecular complexity index is 223. The third kappa shape index (κ3) is 1.60. The first-order chi connectivity index (χ1) is 5.77. The summed E-state index contributed by atoms with van der Waals surface area (Å²) in [5.41, 5.74) is 0. The highest BCUT2D eigenvalue weighted by atomic mass is 79.9. The number of hydrogen-bond acceptors (Lipinski definition) is 0. The van der Waals surface area contributed by atoms with E-state index in [0.717, 1.165) is 0 Å². The SMILES string of the molecule is BrC1C=CC2C=C[C@H]1C=C[C@H]2Br. The highest BCUT2D eigenvalue weighted by molar-refractivity contribution is 9.09. The fourth-order valence-electron chi connectivity index (χ4n) is 1.53. The molecule has 4 atom stereocenters. The third-order valence-corrected chi connectivity index (χ3v) is 4.16. The number of halogens is 2. The Balaban J connectivity index is 2.35. The van der Waals surface area contributed by atoms with Gasteiger partial charge in [0.15, 0.2) is 0 Å². The van der Waals surface area contributed by atoms with Crippen molar-refractivity contribution in [2.24, 2.45) is 11.8 Å². The van der Waals surface area contributed by atoms with E-state index < -0.39 is 0 Å². The van der Waals surface area contributed by atoms with Crippen molar-refractivity contribution in [1.82, 2.24) is 0 Å². The van der Waals surface area contributed by atoms with Gasteiger partial charge in [-0.25, -0.2) is 0 Å². The van der Waals surface area contributed by atoms with Gasteiger partial charge in [0.1, 0.15) is 0 Å². The van der Waals surface area contributed by atoms with Crippen LogP contribution in [0.25, 0.3) is 0 Å². The predicted octanol–water partition coefficient (Wildman–Crippen LogP) is 3.44. The van der Waals surface area contributed by atoms with Crippen LogP contribution in [0.2, 0.25) is 0 Å². The summed E-state index contributed by atoms with van der Waals surface area (Å²) in [6.45, 7) is 0. The van der Waals surface area contributed by atoms with E-state index in [1.54, 1.807) is 0 Å². The van der Waals surface area contributed by atoms with E-state index in [-0.39, 0.29) is 0 Å². The molecule has 12 heavy (non-hydrogen) atoms. The van der Waals surface area contributed by atoms with E-state index >= 15 is 0 Å². The van der Waals surface area contributed by atoms with Crippen LogP contribution in [0.4, 0.5) is 0 Å². The fraction of sp³-hybridized carbons (Fsp3) is 0.400. The van der Waals surface area contributed by atoms with E-state index in [2.05, 4.69) is 68.3 Å². The molecule has 0 saturated carbocycles. The molecule has 2 aliphatic carbocycles. The number of alkyl halides is 2. The molecule has 2 rings (SSSR count). The highest BCUT2D eigenvalue weighted by Crippen LogP contribution is 2.30. The molecular weight excluding hydrogens is 280 g/mol. The first-order valence-electron chi connectivity index (χ1n) is 4.10. The molecule has 0 radical (unpaired) electrons. The van der Waals surface area contributed by atoms with Gasteiger partial charge < -0.3 is 0 Å². The van der Waals surface area contributed by atoms with Gasteiger partial charge in [0.25, 0.3) is 0 Å². The maximum absolute atomic E-state index is 3.64. The summed E-state index contributed by atoms with van der Waals surface area (Å²) in [6.07, 6.45) is 13.6. The van der Waals surface area contributed by atoms with Crippen LogP contribution in [0.1, 0.15) is 0 Å². The Morgan fingerprint density at radius 1 is 0.583 bits per heavy atom.